The number of hydrogen-bond donors (Lipinski definition) is 3. The number of hydrogen-bond acceptors (Lipinski definition) is 4. The van der Waals surface area contributed by atoms with Crippen molar-refractivity contribution >= 4 is 18.0 Å². The van der Waals surface area contributed by atoms with Crippen molar-refractivity contribution in [2.45, 2.75) is 13.0 Å². The highest BCUT2D eigenvalue weighted by atomic mass is 16.4. The summed E-state index contributed by atoms with van der Waals surface area (Å²) in [6.45, 7) is 0.324. The van der Waals surface area contributed by atoms with Crippen molar-refractivity contribution in [1.29, 1.82) is 0 Å². The summed E-state index contributed by atoms with van der Waals surface area (Å²) in [6, 6.07) is 2.27. The summed E-state index contributed by atoms with van der Waals surface area (Å²) in [5.74, 6) is -2.56. The summed E-state index contributed by atoms with van der Waals surface area (Å²) in [6.07, 6.45) is 3.14. The number of aromatic nitrogens is 1. The number of rotatable bonds is 6. The van der Waals surface area contributed by atoms with E-state index in [0.29, 0.717) is 4.90 Å². The summed E-state index contributed by atoms with van der Waals surface area (Å²) in [5, 5.41) is 19.9. The first-order valence-corrected chi connectivity index (χ1v) is 5.79. The van der Waals surface area contributed by atoms with Gasteiger partial charge in [-0.15, -0.1) is 0 Å². The largest absolute Gasteiger partial charge is 0.480 e. The van der Waals surface area contributed by atoms with Crippen LogP contribution in [0.3, 0.4) is 0 Å². The second-order valence-corrected chi connectivity index (χ2v) is 4.10. The Morgan fingerprint density at radius 1 is 1.30 bits per heavy atom. The van der Waals surface area contributed by atoms with E-state index in [4.69, 9.17) is 10.2 Å². The van der Waals surface area contributed by atoms with Gasteiger partial charge in [0.05, 0.1) is 6.04 Å². The molecule has 1 heterocycles. The van der Waals surface area contributed by atoms with E-state index >= 15 is 0 Å². The zero-order valence-electron chi connectivity index (χ0n) is 10.8. The fourth-order valence-electron chi connectivity index (χ4n) is 1.52. The number of urea groups is 1. The van der Waals surface area contributed by atoms with Gasteiger partial charge in [0.2, 0.25) is 0 Å². The highest BCUT2D eigenvalue weighted by molar-refractivity contribution is 5.84. The van der Waals surface area contributed by atoms with Crippen LogP contribution in [-0.4, -0.2) is 51.2 Å². The number of carbonyl (C=O) groups excluding carboxylic acids is 1. The van der Waals surface area contributed by atoms with Crippen LogP contribution in [0.5, 0.6) is 0 Å². The molecule has 3 N–H and O–H groups in total. The van der Waals surface area contributed by atoms with E-state index in [1.165, 1.54) is 0 Å². The van der Waals surface area contributed by atoms with Gasteiger partial charge in [-0.25, -0.2) is 4.79 Å². The molecule has 0 aliphatic carbocycles. The van der Waals surface area contributed by atoms with Gasteiger partial charge >= 0.3 is 18.0 Å². The quantitative estimate of drug-likeness (QED) is 0.691. The van der Waals surface area contributed by atoms with E-state index in [-0.39, 0.29) is 0 Å². The first-order valence-electron chi connectivity index (χ1n) is 5.79. The molecule has 1 rings (SSSR count). The summed E-state index contributed by atoms with van der Waals surface area (Å²) in [5.41, 5.74) is 0.728. The Labute approximate surface area is 115 Å². The third-order valence-corrected chi connectivity index (χ3v) is 2.46. The van der Waals surface area contributed by atoms with Gasteiger partial charge in [-0.2, -0.15) is 0 Å². The first kappa shape index (κ1) is 15.4. The van der Waals surface area contributed by atoms with Gasteiger partial charge in [0.1, 0.15) is 13.1 Å². The average Bonchev–Trinajstić information content (AvgIpc) is 2.37. The predicted octanol–water partition coefficient (Wildman–Crippen LogP) is 0.323. The number of carboxylic acids is 2. The smallest absolute Gasteiger partial charge is 0.323 e. The molecule has 0 radical (unpaired) electrons. The SMILES string of the molecule is CC(NC(=O)N(CC(=O)O)CC(=O)O)c1cccnc1. The molecule has 0 fully saturated rings. The predicted molar refractivity (Wildman–Crippen MR) is 68.0 cm³/mol. The Morgan fingerprint density at radius 2 is 1.90 bits per heavy atom. The maximum absolute atomic E-state index is 11.9. The third kappa shape index (κ3) is 4.92. The number of aliphatic carboxylic acids is 2. The van der Waals surface area contributed by atoms with Crippen molar-refractivity contribution in [1.82, 2.24) is 15.2 Å². The minimum absolute atomic E-state index is 0.415. The van der Waals surface area contributed by atoms with Crippen molar-refractivity contribution in [3.8, 4) is 0 Å². The molecular formula is C12H15N3O5. The van der Waals surface area contributed by atoms with Gasteiger partial charge in [0, 0.05) is 12.4 Å². The van der Waals surface area contributed by atoms with Crippen molar-refractivity contribution in [3.05, 3.63) is 30.1 Å². The maximum Gasteiger partial charge on any atom is 0.323 e. The molecule has 0 saturated heterocycles. The highest BCUT2D eigenvalue weighted by Gasteiger charge is 2.21. The summed E-state index contributed by atoms with van der Waals surface area (Å²) in [4.78, 5) is 37.7. The van der Waals surface area contributed by atoms with E-state index in [1.807, 2.05) is 0 Å². The van der Waals surface area contributed by atoms with Crippen molar-refractivity contribution in [2.75, 3.05) is 13.1 Å². The minimum atomic E-state index is -1.28. The fraction of sp³-hybridized carbons (Fsp3) is 0.333. The van der Waals surface area contributed by atoms with E-state index in [2.05, 4.69) is 10.3 Å². The number of pyridine rings is 1. The minimum Gasteiger partial charge on any atom is -0.480 e. The van der Waals surface area contributed by atoms with Gasteiger partial charge in [-0.05, 0) is 18.6 Å². The molecule has 8 heteroatoms. The van der Waals surface area contributed by atoms with Crippen LogP contribution in [0.4, 0.5) is 4.79 Å². The standard InChI is InChI=1S/C12H15N3O5/c1-8(9-3-2-4-13-5-9)14-12(20)15(6-10(16)17)7-11(18)19/h2-5,8H,6-7H2,1H3,(H,14,20)(H,16,17)(H,18,19). The molecule has 8 nitrogen and oxygen atoms in total. The van der Waals surface area contributed by atoms with Crippen LogP contribution in [0, 0.1) is 0 Å². The van der Waals surface area contributed by atoms with E-state index in [9.17, 15) is 14.4 Å². The molecule has 1 aromatic rings. The lowest BCUT2D eigenvalue weighted by atomic mass is 10.1. The molecule has 2 amide bonds. The normalized spacial score (nSPS) is 11.4. The van der Waals surface area contributed by atoms with Gasteiger partial charge in [0.15, 0.2) is 0 Å². The molecule has 20 heavy (non-hydrogen) atoms. The Balaban J connectivity index is 2.70. The Kier molecular flexibility index (Phi) is 5.45. The topological polar surface area (TPSA) is 120 Å². The van der Waals surface area contributed by atoms with Crippen LogP contribution in [0.1, 0.15) is 18.5 Å². The monoisotopic (exact) mass is 281 g/mol. The van der Waals surface area contributed by atoms with Crippen molar-refractivity contribution in [2.24, 2.45) is 0 Å². The first-order chi connectivity index (χ1) is 9.40. The second kappa shape index (κ2) is 7.07. The van der Waals surface area contributed by atoms with Crippen molar-refractivity contribution in [3.63, 3.8) is 0 Å². The molecule has 0 aliphatic heterocycles. The van der Waals surface area contributed by atoms with Crippen LogP contribution in [0.25, 0.3) is 0 Å². The number of nitrogens with zero attached hydrogens (tertiary/aromatic N) is 2. The average molecular weight is 281 g/mol. The van der Waals surface area contributed by atoms with Gasteiger partial charge < -0.3 is 20.4 Å². The van der Waals surface area contributed by atoms with Gasteiger partial charge in [-0.3, -0.25) is 14.6 Å². The molecule has 108 valence electrons. The van der Waals surface area contributed by atoms with Crippen LogP contribution in [0.2, 0.25) is 0 Å². The van der Waals surface area contributed by atoms with Gasteiger partial charge in [-0.1, -0.05) is 6.07 Å². The number of carboxylic acid groups (broad SMARTS) is 2. The number of carbonyl (C=O) groups is 3. The zero-order valence-corrected chi connectivity index (χ0v) is 10.8. The molecular weight excluding hydrogens is 266 g/mol. The Hall–Kier alpha value is -2.64. The van der Waals surface area contributed by atoms with Crippen LogP contribution >= 0.6 is 0 Å². The molecule has 0 saturated carbocycles. The van der Waals surface area contributed by atoms with Crippen LogP contribution in [0.15, 0.2) is 24.5 Å². The zero-order chi connectivity index (χ0) is 15.1. The highest BCUT2D eigenvalue weighted by Crippen LogP contribution is 2.10. The van der Waals surface area contributed by atoms with Crippen LogP contribution < -0.4 is 5.32 Å². The molecule has 1 atom stereocenters. The molecule has 1 unspecified atom stereocenters. The summed E-state index contributed by atoms with van der Waals surface area (Å²) >= 11 is 0. The lowest BCUT2D eigenvalue weighted by Gasteiger charge is -2.22. The number of amides is 2. The molecule has 0 spiro atoms. The second-order valence-electron chi connectivity index (χ2n) is 4.10. The Bertz CT molecular complexity index is 475. The van der Waals surface area contributed by atoms with E-state index in [0.717, 1.165) is 5.56 Å². The van der Waals surface area contributed by atoms with Crippen molar-refractivity contribution < 1.29 is 24.6 Å². The lowest BCUT2D eigenvalue weighted by Crippen LogP contribution is -2.45. The third-order valence-electron chi connectivity index (χ3n) is 2.46. The van der Waals surface area contributed by atoms with E-state index in [1.54, 1.807) is 31.5 Å². The van der Waals surface area contributed by atoms with E-state index < -0.39 is 37.1 Å². The molecule has 0 bridgehead atoms. The van der Waals surface area contributed by atoms with Gasteiger partial charge in [0.25, 0.3) is 0 Å². The molecule has 1 aromatic heterocycles. The Morgan fingerprint density at radius 3 is 2.35 bits per heavy atom. The molecule has 0 aliphatic rings. The lowest BCUT2D eigenvalue weighted by molar-refractivity contribution is -0.140. The van der Waals surface area contributed by atoms with Crippen LogP contribution in [-0.2, 0) is 9.59 Å². The maximum atomic E-state index is 11.9. The number of nitrogens with one attached hydrogen (secondary N) is 1. The molecule has 0 aromatic carbocycles. The summed E-state index contributed by atoms with van der Waals surface area (Å²) in [7, 11) is 0. The fourth-order valence-corrected chi connectivity index (χ4v) is 1.52. The summed E-state index contributed by atoms with van der Waals surface area (Å²) < 4.78 is 0.